The van der Waals surface area contributed by atoms with Crippen LogP contribution in [-0.4, -0.2) is 21.5 Å². The van der Waals surface area contributed by atoms with Crippen LogP contribution in [0.1, 0.15) is 5.56 Å². The van der Waals surface area contributed by atoms with Gasteiger partial charge >= 0.3 is 0 Å². The molecule has 2 heterocycles. The van der Waals surface area contributed by atoms with Crippen LogP contribution >= 0.6 is 23.8 Å². The third-order valence-electron chi connectivity index (χ3n) is 5.59. The highest BCUT2D eigenvalue weighted by atomic mass is 35.5. The van der Waals surface area contributed by atoms with E-state index in [-0.39, 0.29) is 16.5 Å². The van der Waals surface area contributed by atoms with Gasteiger partial charge in [0.15, 0.2) is 5.11 Å². The Balaban J connectivity index is 1.64. The number of nitrogens with zero attached hydrogens (tertiary/aromatic N) is 2. The van der Waals surface area contributed by atoms with E-state index in [1.54, 1.807) is 35.9 Å². The van der Waals surface area contributed by atoms with Crippen molar-refractivity contribution in [3.8, 4) is 11.6 Å². The molecule has 1 aliphatic rings. The summed E-state index contributed by atoms with van der Waals surface area (Å²) in [6, 6.07) is 19.6. The number of halogens is 2. The SMILES string of the molecule is Cn1c(Oc2ccc(F)cc2)c(C=C2C(=O)NC(=S)N(c3ccc(Cl)cc3)C2=O)c2ccccc21. The van der Waals surface area contributed by atoms with Crippen molar-refractivity contribution < 1.29 is 18.7 Å². The monoisotopic (exact) mass is 505 g/mol. The number of rotatable bonds is 4. The molecule has 0 aliphatic carbocycles. The molecule has 0 saturated carbocycles. The number of benzene rings is 3. The molecule has 0 bridgehead atoms. The third-order valence-corrected chi connectivity index (χ3v) is 6.13. The predicted molar refractivity (Wildman–Crippen MR) is 137 cm³/mol. The van der Waals surface area contributed by atoms with Crippen LogP contribution in [0, 0.1) is 5.82 Å². The zero-order valence-corrected chi connectivity index (χ0v) is 19.9. The maximum atomic E-state index is 13.5. The average molecular weight is 506 g/mol. The van der Waals surface area contributed by atoms with Gasteiger partial charge in [-0.25, -0.2) is 4.39 Å². The van der Waals surface area contributed by atoms with Crippen LogP contribution in [0.5, 0.6) is 11.6 Å². The fourth-order valence-corrected chi connectivity index (χ4v) is 4.31. The first-order valence-electron chi connectivity index (χ1n) is 10.5. The number of carbonyl (C=O) groups excluding carboxylic acids is 2. The Morgan fingerprint density at radius 3 is 2.40 bits per heavy atom. The highest BCUT2D eigenvalue weighted by Crippen LogP contribution is 2.36. The minimum atomic E-state index is -0.620. The summed E-state index contributed by atoms with van der Waals surface area (Å²) >= 11 is 11.2. The quantitative estimate of drug-likeness (QED) is 0.223. The normalized spacial score (nSPS) is 15.1. The molecule has 2 amide bonds. The van der Waals surface area contributed by atoms with Gasteiger partial charge in [-0.05, 0) is 72.9 Å². The highest BCUT2D eigenvalue weighted by Gasteiger charge is 2.35. The standard InChI is InChI=1S/C26H17ClFN3O3S/c1-30-22-5-3-2-4-19(22)20(25(30)34-18-12-8-16(28)9-13-18)14-21-23(32)29-26(35)31(24(21)33)17-10-6-15(27)7-11-17/h2-14H,1H3,(H,29,32,35). The van der Waals surface area contributed by atoms with E-state index in [1.165, 1.54) is 35.2 Å². The molecule has 0 spiro atoms. The Labute approximate surface area is 210 Å². The number of amides is 2. The molecule has 6 nitrogen and oxygen atoms in total. The lowest BCUT2D eigenvalue weighted by atomic mass is 10.1. The molecule has 0 atom stereocenters. The van der Waals surface area contributed by atoms with E-state index in [1.807, 2.05) is 24.3 Å². The molecule has 4 aromatic rings. The summed E-state index contributed by atoms with van der Waals surface area (Å²) in [5.74, 6) is -0.801. The largest absolute Gasteiger partial charge is 0.440 e. The van der Waals surface area contributed by atoms with Crippen LogP contribution in [-0.2, 0) is 16.6 Å². The van der Waals surface area contributed by atoms with E-state index in [2.05, 4.69) is 5.32 Å². The number of fused-ring (bicyclic) bond motifs is 1. The van der Waals surface area contributed by atoms with E-state index in [0.717, 1.165) is 10.9 Å². The van der Waals surface area contributed by atoms with Crippen molar-refractivity contribution in [1.29, 1.82) is 0 Å². The molecule has 1 aromatic heterocycles. The van der Waals surface area contributed by atoms with Gasteiger partial charge in [0, 0.05) is 23.0 Å². The second-order valence-electron chi connectivity index (χ2n) is 7.79. The van der Waals surface area contributed by atoms with Gasteiger partial charge in [-0.2, -0.15) is 0 Å². The number of anilines is 1. The highest BCUT2D eigenvalue weighted by molar-refractivity contribution is 7.80. The molecule has 35 heavy (non-hydrogen) atoms. The number of para-hydroxylation sites is 1. The third kappa shape index (κ3) is 4.18. The van der Waals surface area contributed by atoms with Gasteiger partial charge < -0.3 is 9.30 Å². The lowest BCUT2D eigenvalue weighted by Crippen LogP contribution is -2.54. The minimum absolute atomic E-state index is 0.0276. The Morgan fingerprint density at radius 2 is 1.69 bits per heavy atom. The molecule has 0 radical (unpaired) electrons. The number of carbonyl (C=O) groups is 2. The molecule has 9 heteroatoms. The molecule has 1 fully saturated rings. The van der Waals surface area contributed by atoms with E-state index in [4.69, 9.17) is 28.6 Å². The van der Waals surface area contributed by atoms with Crippen molar-refractivity contribution in [1.82, 2.24) is 9.88 Å². The molecular formula is C26H17ClFN3O3S. The summed E-state index contributed by atoms with van der Waals surface area (Å²) in [5, 5.41) is 3.82. The van der Waals surface area contributed by atoms with E-state index in [0.29, 0.717) is 27.9 Å². The smallest absolute Gasteiger partial charge is 0.270 e. The Hall–Kier alpha value is -4.01. The number of thiocarbonyl (C=S) groups is 1. The maximum Gasteiger partial charge on any atom is 0.270 e. The number of aryl methyl sites for hydroxylation is 1. The molecule has 1 aliphatic heterocycles. The topological polar surface area (TPSA) is 63.6 Å². The first-order chi connectivity index (χ1) is 16.8. The van der Waals surface area contributed by atoms with Crippen LogP contribution in [0.3, 0.4) is 0 Å². The van der Waals surface area contributed by atoms with Crippen molar-refractivity contribution in [2.45, 2.75) is 0 Å². The maximum absolute atomic E-state index is 13.5. The Kier molecular flexibility index (Phi) is 5.84. The summed E-state index contributed by atoms with van der Waals surface area (Å²) in [6.07, 6.45) is 1.49. The molecule has 174 valence electrons. The fraction of sp³-hybridized carbons (Fsp3) is 0.0385. The summed E-state index contributed by atoms with van der Waals surface area (Å²) in [5.41, 5.74) is 1.70. The second-order valence-corrected chi connectivity index (χ2v) is 8.61. The van der Waals surface area contributed by atoms with Crippen molar-refractivity contribution in [3.05, 3.63) is 94.8 Å². The summed E-state index contributed by atoms with van der Waals surface area (Å²) in [6.45, 7) is 0. The van der Waals surface area contributed by atoms with Crippen LogP contribution < -0.4 is 15.0 Å². The first-order valence-corrected chi connectivity index (χ1v) is 11.3. The lowest BCUT2D eigenvalue weighted by Gasteiger charge is -2.29. The van der Waals surface area contributed by atoms with Gasteiger partial charge in [0.05, 0.1) is 11.2 Å². The zero-order chi connectivity index (χ0) is 24.7. The molecule has 1 N–H and O–H groups in total. The van der Waals surface area contributed by atoms with E-state index < -0.39 is 11.8 Å². The fourth-order valence-electron chi connectivity index (χ4n) is 3.90. The van der Waals surface area contributed by atoms with Gasteiger partial charge in [-0.3, -0.25) is 19.8 Å². The number of aromatic nitrogens is 1. The van der Waals surface area contributed by atoms with Crippen molar-refractivity contribution >= 4 is 63.4 Å². The molecule has 5 rings (SSSR count). The van der Waals surface area contributed by atoms with E-state index in [9.17, 15) is 14.0 Å². The number of hydrogen-bond donors (Lipinski definition) is 1. The zero-order valence-electron chi connectivity index (χ0n) is 18.3. The molecule has 1 saturated heterocycles. The number of nitrogens with one attached hydrogen (secondary N) is 1. The van der Waals surface area contributed by atoms with Crippen molar-refractivity contribution in [3.63, 3.8) is 0 Å². The molecule has 0 unspecified atom stereocenters. The van der Waals surface area contributed by atoms with Crippen LogP contribution in [0.2, 0.25) is 5.02 Å². The molecule has 3 aromatic carbocycles. The lowest BCUT2D eigenvalue weighted by molar-refractivity contribution is -0.122. The Bertz CT molecular complexity index is 1530. The predicted octanol–water partition coefficient (Wildman–Crippen LogP) is 5.59. The van der Waals surface area contributed by atoms with Gasteiger partial charge in [0.2, 0.25) is 5.88 Å². The van der Waals surface area contributed by atoms with Crippen LogP contribution in [0.25, 0.3) is 17.0 Å². The number of hydrogen-bond acceptors (Lipinski definition) is 4. The summed E-state index contributed by atoms with van der Waals surface area (Å²) < 4.78 is 21.3. The van der Waals surface area contributed by atoms with E-state index >= 15 is 0 Å². The molecular weight excluding hydrogens is 489 g/mol. The first kappa shape index (κ1) is 22.8. The van der Waals surface area contributed by atoms with Gasteiger partial charge in [-0.1, -0.05) is 29.8 Å². The minimum Gasteiger partial charge on any atom is -0.440 e. The van der Waals surface area contributed by atoms with Gasteiger partial charge in [-0.15, -0.1) is 0 Å². The van der Waals surface area contributed by atoms with Crippen LogP contribution in [0.4, 0.5) is 10.1 Å². The number of ether oxygens (including phenoxy) is 1. The van der Waals surface area contributed by atoms with Crippen LogP contribution in [0.15, 0.2) is 78.4 Å². The van der Waals surface area contributed by atoms with Crippen molar-refractivity contribution in [2.24, 2.45) is 7.05 Å². The van der Waals surface area contributed by atoms with Crippen molar-refractivity contribution in [2.75, 3.05) is 4.90 Å². The average Bonchev–Trinajstić information content (AvgIpc) is 3.10. The Morgan fingerprint density at radius 1 is 1.00 bits per heavy atom. The van der Waals surface area contributed by atoms with Gasteiger partial charge in [0.1, 0.15) is 17.1 Å². The van der Waals surface area contributed by atoms with Gasteiger partial charge in [0.25, 0.3) is 11.8 Å². The summed E-state index contributed by atoms with van der Waals surface area (Å²) in [4.78, 5) is 27.6. The second kappa shape index (κ2) is 8.98. The summed E-state index contributed by atoms with van der Waals surface area (Å²) in [7, 11) is 1.81.